The monoisotopic (exact) mass is 466 g/mol. The van der Waals surface area contributed by atoms with E-state index in [1.807, 2.05) is 12.1 Å². The molecule has 0 radical (unpaired) electrons. The maximum Gasteiger partial charge on any atom is 0.255 e. The molecule has 0 unspecified atom stereocenters. The summed E-state index contributed by atoms with van der Waals surface area (Å²) in [5.41, 5.74) is 3.98. The van der Waals surface area contributed by atoms with Gasteiger partial charge in [-0.25, -0.2) is 0 Å². The second-order valence-electron chi connectivity index (χ2n) is 8.26. The molecule has 0 saturated heterocycles. The molecule has 3 aromatic carbocycles. The van der Waals surface area contributed by atoms with Crippen molar-refractivity contribution in [2.75, 3.05) is 19.0 Å². The summed E-state index contributed by atoms with van der Waals surface area (Å²) in [6, 6.07) is 26.7. The molecule has 0 aromatic heterocycles. The van der Waals surface area contributed by atoms with Crippen molar-refractivity contribution in [1.29, 1.82) is 0 Å². The highest BCUT2D eigenvalue weighted by Crippen LogP contribution is 2.25. The number of anilines is 1. The molecule has 0 aliphatic rings. The molecule has 0 saturated carbocycles. The van der Waals surface area contributed by atoms with Crippen LogP contribution in [0.15, 0.2) is 78.9 Å². The molecular formula is C28H35ClN2O2. The highest BCUT2D eigenvalue weighted by molar-refractivity contribution is 6.04. The summed E-state index contributed by atoms with van der Waals surface area (Å²) < 4.78 is 5.17. The van der Waals surface area contributed by atoms with E-state index in [0.29, 0.717) is 17.6 Å². The van der Waals surface area contributed by atoms with E-state index < -0.39 is 0 Å². The summed E-state index contributed by atoms with van der Waals surface area (Å²) in [5, 5.41) is 3.02. The van der Waals surface area contributed by atoms with E-state index in [4.69, 9.17) is 4.74 Å². The largest absolute Gasteiger partial charge is 0.497 e. The SMILES string of the molecule is CCCN([C@H](C)Cc1cccc(NC(=O)c2ccc(OC)cc2)c1)[C@H](C)c1ccccc1.Cl. The Bertz CT molecular complexity index is 992. The predicted molar refractivity (Wildman–Crippen MR) is 140 cm³/mol. The average Bonchev–Trinajstić information content (AvgIpc) is 2.83. The minimum Gasteiger partial charge on any atom is -0.497 e. The Hall–Kier alpha value is -2.82. The molecule has 4 nitrogen and oxygen atoms in total. The first-order valence-electron chi connectivity index (χ1n) is 11.4. The van der Waals surface area contributed by atoms with Gasteiger partial charge < -0.3 is 10.1 Å². The summed E-state index contributed by atoms with van der Waals surface area (Å²) in [7, 11) is 1.61. The number of ether oxygens (including phenoxy) is 1. The van der Waals surface area contributed by atoms with Crippen LogP contribution in [0, 0.1) is 0 Å². The van der Waals surface area contributed by atoms with Gasteiger partial charge in [0.25, 0.3) is 5.91 Å². The smallest absolute Gasteiger partial charge is 0.255 e. The topological polar surface area (TPSA) is 41.6 Å². The van der Waals surface area contributed by atoms with Crippen molar-refractivity contribution in [3.8, 4) is 5.75 Å². The number of hydrogen-bond acceptors (Lipinski definition) is 3. The van der Waals surface area contributed by atoms with Crippen LogP contribution in [-0.4, -0.2) is 30.5 Å². The van der Waals surface area contributed by atoms with Crippen molar-refractivity contribution in [2.24, 2.45) is 0 Å². The van der Waals surface area contributed by atoms with Gasteiger partial charge in [0, 0.05) is 23.3 Å². The summed E-state index contributed by atoms with van der Waals surface area (Å²) in [5.74, 6) is 0.613. The molecule has 0 aliphatic carbocycles. The van der Waals surface area contributed by atoms with Gasteiger partial charge in [-0.05, 0) is 80.8 Å². The molecule has 3 aromatic rings. The van der Waals surface area contributed by atoms with E-state index in [9.17, 15) is 4.79 Å². The number of carbonyl (C=O) groups excluding carboxylic acids is 1. The highest BCUT2D eigenvalue weighted by Gasteiger charge is 2.21. The molecule has 176 valence electrons. The molecule has 0 fully saturated rings. The summed E-state index contributed by atoms with van der Waals surface area (Å²) in [4.78, 5) is 15.2. The van der Waals surface area contributed by atoms with Crippen LogP contribution in [0.25, 0.3) is 0 Å². The van der Waals surface area contributed by atoms with Crippen LogP contribution in [0.2, 0.25) is 0 Å². The number of nitrogens with zero attached hydrogens (tertiary/aromatic N) is 1. The third-order valence-corrected chi connectivity index (χ3v) is 5.90. The lowest BCUT2D eigenvalue weighted by molar-refractivity contribution is 0.102. The fourth-order valence-electron chi connectivity index (χ4n) is 4.16. The van der Waals surface area contributed by atoms with E-state index in [2.05, 4.69) is 73.5 Å². The maximum absolute atomic E-state index is 12.6. The van der Waals surface area contributed by atoms with Gasteiger partial charge in [-0.1, -0.05) is 49.4 Å². The third-order valence-electron chi connectivity index (χ3n) is 5.90. The summed E-state index contributed by atoms with van der Waals surface area (Å²) >= 11 is 0. The zero-order chi connectivity index (χ0) is 22.9. The van der Waals surface area contributed by atoms with E-state index in [1.165, 1.54) is 11.1 Å². The van der Waals surface area contributed by atoms with E-state index in [1.54, 1.807) is 31.4 Å². The Morgan fingerprint density at radius 2 is 1.67 bits per heavy atom. The van der Waals surface area contributed by atoms with Crippen molar-refractivity contribution in [1.82, 2.24) is 4.90 Å². The number of benzene rings is 3. The van der Waals surface area contributed by atoms with E-state index in [-0.39, 0.29) is 18.3 Å². The lowest BCUT2D eigenvalue weighted by atomic mass is 10.0. The molecule has 33 heavy (non-hydrogen) atoms. The number of halogens is 1. The molecular weight excluding hydrogens is 432 g/mol. The second-order valence-corrected chi connectivity index (χ2v) is 8.26. The van der Waals surface area contributed by atoms with Crippen LogP contribution in [0.3, 0.4) is 0 Å². The number of carbonyl (C=O) groups is 1. The average molecular weight is 467 g/mol. The molecule has 5 heteroatoms. The highest BCUT2D eigenvalue weighted by atomic mass is 35.5. The summed E-state index contributed by atoms with van der Waals surface area (Å²) in [6.45, 7) is 7.85. The van der Waals surface area contributed by atoms with Crippen molar-refractivity contribution in [3.05, 3.63) is 95.6 Å². The van der Waals surface area contributed by atoms with E-state index in [0.717, 1.165) is 30.8 Å². The number of methoxy groups -OCH3 is 1. The number of hydrogen-bond donors (Lipinski definition) is 1. The van der Waals surface area contributed by atoms with Gasteiger partial charge in [0.2, 0.25) is 0 Å². The van der Waals surface area contributed by atoms with Gasteiger partial charge in [0.05, 0.1) is 7.11 Å². The van der Waals surface area contributed by atoms with E-state index >= 15 is 0 Å². The van der Waals surface area contributed by atoms with Crippen molar-refractivity contribution < 1.29 is 9.53 Å². The van der Waals surface area contributed by atoms with Gasteiger partial charge in [-0.2, -0.15) is 0 Å². The lowest BCUT2D eigenvalue weighted by Gasteiger charge is -2.35. The van der Waals surface area contributed by atoms with Gasteiger partial charge >= 0.3 is 0 Å². The molecule has 0 heterocycles. The molecule has 1 N–H and O–H groups in total. The normalized spacial score (nSPS) is 12.5. The van der Waals surface area contributed by atoms with Gasteiger partial charge in [-0.15, -0.1) is 12.4 Å². The van der Waals surface area contributed by atoms with Crippen LogP contribution in [0.1, 0.15) is 54.7 Å². The zero-order valence-corrected chi connectivity index (χ0v) is 20.8. The van der Waals surface area contributed by atoms with Gasteiger partial charge in [0.15, 0.2) is 0 Å². The fourth-order valence-corrected chi connectivity index (χ4v) is 4.16. The Kier molecular flexibility index (Phi) is 10.4. The number of rotatable bonds is 10. The Balaban J connectivity index is 0.00000385. The minimum absolute atomic E-state index is 0. The first-order chi connectivity index (χ1) is 15.5. The molecule has 2 atom stereocenters. The molecule has 1 amide bonds. The van der Waals surface area contributed by atoms with Crippen LogP contribution in [-0.2, 0) is 6.42 Å². The second kappa shape index (κ2) is 13.0. The lowest BCUT2D eigenvalue weighted by Crippen LogP contribution is -2.37. The Labute approximate surface area is 204 Å². The molecule has 0 bridgehead atoms. The van der Waals surface area contributed by atoms with Crippen LogP contribution >= 0.6 is 12.4 Å². The quantitative estimate of drug-likeness (QED) is 0.358. The third kappa shape index (κ3) is 7.34. The molecule has 3 rings (SSSR count). The van der Waals surface area contributed by atoms with Gasteiger partial charge in [0.1, 0.15) is 5.75 Å². The number of nitrogens with one attached hydrogen (secondary N) is 1. The van der Waals surface area contributed by atoms with Crippen molar-refractivity contribution >= 4 is 24.0 Å². The maximum atomic E-state index is 12.6. The Morgan fingerprint density at radius 1 is 0.970 bits per heavy atom. The molecule has 0 spiro atoms. The Morgan fingerprint density at radius 3 is 2.30 bits per heavy atom. The predicted octanol–water partition coefficient (Wildman–Crippen LogP) is 6.77. The zero-order valence-electron chi connectivity index (χ0n) is 20.0. The number of amides is 1. The van der Waals surface area contributed by atoms with Crippen molar-refractivity contribution in [2.45, 2.75) is 45.7 Å². The minimum atomic E-state index is -0.122. The molecule has 0 aliphatic heterocycles. The van der Waals surface area contributed by atoms with Crippen LogP contribution in [0.5, 0.6) is 5.75 Å². The van der Waals surface area contributed by atoms with Crippen LogP contribution < -0.4 is 10.1 Å². The first-order valence-corrected chi connectivity index (χ1v) is 11.4. The fraction of sp³-hybridized carbons (Fsp3) is 0.321. The standard InChI is InChI=1S/C28H34N2O2.ClH/c1-5-18-30(22(3)24-11-7-6-8-12-24)21(2)19-23-10-9-13-26(20-23)29-28(31)25-14-16-27(32-4)17-15-25;/h6-17,20-22H,5,18-19H2,1-4H3,(H,29,31);1H/t21-,22-;/m1./s1. The first kappa shape index (κ1) is 26.4. The van der Waals surface area contributed by atoms with Crippen molar-refractivity contribution in [3.63, 3.8) is 0 Å². The summed E-state index contributed by atoms with van der Waals surface area (Å²) in [6.07, 6.45) is 2.03. The van der Waals surface area contributed by atoms with Crippen LogP contribution in [0.4, 0.5) is 5.69 Å². The van der Waals surface area contributed by atoms with Gasteiger partial charge in [-0.3, -0.25) is 9.69 Å².